The second-order valence-corrected chi connectivity index (χ2v) is 5.83. The van der Waals surface area contributed by atoms with E-state index in [2.05, 4.69) is 33.3 Å². The highest BCUT2D eigenvalue weighted by Gasteiger charge is 2.39. The predicted molar refractivity (Wildman–Crippen MR) is 102 cm³/mol. The van der Waals surface area contributed by atoms with E-state index in [4.69, 9.17) is 23.7 Å². The SMILES string of the molecule is C[C@@H](C(/C=N/NC(N)=S)=N/NC(N)=S)N1C(=O)c2ccccc2C1=O. The van der Waals surface area contributed by atoms with Gasteiger partial charge in [-0.25, -0.2) is 0 Å². The maximum absolute atomic E-state index is 12.6. The van der Waals surface area contributed by atoms with Crippen LogP contribution in [0.3, 0.4) is 0 Å². The van der Waals surface area contributed by atoms with Gasteiger partial charge in [0.15, 0.2) is 10.2 Å². The largest absolute Gasteiger partial charge is 0.375 e. The van der Waals surface area contributed by atoms with Crippen LogP contribution in [-0.4, -0.2) is 44.9 Å². The normalized spacial score (nSPS) is 15.2. The lowest BCUT2D eigenvalue weighted by molar-refractivity contribution is 0.0636. The third-order valence-electron chi connectivity index (χ3n) is 3.31. The highest BCUT2D eigenvalue weighted by atomic mass is 32.1. The van der Waals surface area contributed by atoms with Gasteiger partial charge in [-0.1, -0.05) is 12.1 Å². The molecule has 0 spiro atoms. The van der Waals surface area contributed by atoms with Crippen LogP contribution in [0.25, 0.3) is 0 Å². The first-order chi connectivity index (χ1) is 11.8. The van der Waals surface area contributed by atoms with Crippen molar-refractivity contribution >= 4 is 58.4 Å². The number of nitrogens with two attached hydrogens (primary N) is 2. The van der Waals surface area contributed by atoms with Crippen molar-refractivity contribution in [3.05, 3.63) is 35.4 Å². The number of carbonyl (C=O) groups is 2. The van der Waals surface area contributed by atoms with Gasteiger partial charge in [-0.15, -0.1) is 0 Å². The molecule has 0 fully saturated rings. The minimum Gasteiger partial charge on any atom is -0.375 e. The molecule has 1 aromatic carbocycles. The zero-order valence-electron chi connectivity index (χ0n) is 13.1. The second kappa shape index (κ2) is 7.77. The monoisotopic (exact) mass is 377 g/mol. The molecule has 0 aromatic heterocycles. The Kier molecular flexibility index (Phi) is 5.72. The van der Waals surface area contributed by atoms with Gasteiger partial charge < -0.3 is 11.5 Å². The van der Waals surface area contributed by atoms with Gasteiger partial charge in [-0.3, -0.25) is 25.3 Å². The standard InChI is InChI=1S/C14H15N7O2S2/c1-7(10(18-20-14(16)25)6-17-19-13(15)24)21-11(22)8-4-2-3-5-9(8)12(21)23/h2-7H,1H3,(H3,15,19,24)(H3,16,20,25)/b17-6+,18-10+/t7-/m0/s1. The molecule has 0 saturated carbocycles. The molecule has 9 nitrogen and oxygen atoms in total. The topological polar surface area (TPSA) is 138 Å². The van der Waals surface area contributed by atoms with Crippen LogP contribution < -0.4 is 22.3 Å². The van der Waals surface area contributed by atoms with E-state index in [0.29, 0.717) is 11.1 Å². The fourth-order valence-electron chi connectivity index (χ4n) is 2.20. The summed E-state index contributed by atoms with van der Waals surface area (Å²) >= 11 is 9.35. The number of benzene rings is 1. The molecule has 2 amide bonds. The van der Waals surface area contributed by atoms with E-state index in [0.717, 1.165) is 4.90 Å². The third-order valence-corrected chi connectivity index (χ3v) is 3.49. The van der Waals surface area contributed by atoms with Gasteiger partial charge in [-0.05, 0) is 43.5 Å². The Morgan fingerprint density at radius 3 is 2.12 bits per heavy atom. The van der Waals surface area contributed by atoms with E-state index >= 15 is 0 Å². The summed E-state index contributed by atoms with van der Waals surface area (Å²) < 4.78 is 0. The number of amides is 2. The van der Waals surface area contributed by atoms with Gasteiger partial charge in [0.25, 0.3) is 11.8 Å². The molecule has 0 unspecified atom stereocenters. The Morgan fingerprint density at radius 2 is 1.64 bits per heavy atom. The smallest absolute Gasteiger partial charge is 0.262 e. The highest BCUT2D eigenvalue weighted by Crippen LogP contribution is 2.24. The van der Waals surface area contributed by atoms with Gasteiger partial charge in [0.1, 0.15) is 5.71 Å². The summed E-state index contributed by atoms with van der Waals surface area (Å²) in [5.74, 6) is -0.848. The first-order valence-electron chi connectivity index (χ1n) is 7.01. The number of imide groups is 1. The van der Waals surface area contributed by atoms with Crippen molar-refractivity contribution in [2.24, 2.45) is 21.7 Å². The summed E-state index contributed by atoms with van der Waals surface area (Å²) in [6.07, 6.45) is 1.26. The maximum Gasteiger partial charge on any atom is 0.262 e. The van der Waals surface area contributed by atoms with E-state index in [1.165, 1.54) is 6.21 Å². The summed E-state index contributed by atoms with van der Waals surface area (Å²) in [7, 11) is 0. The lowest BCUT2D eigenvalue weighted by Crippen LogP contribution is -2.44. The fraction of sp³-hybridized carbons (Fsp3) is 0.143. The van der Waals surface area contributed by atoms with Crippen LogP contribution in [-0.2, 0) is 0 Å². The number of carbonyl (C=O) groups excluding carboxylic acids is 2. The summed E-state index contributed by atoms with van der Waals surface area (Å²) in [5.41, 5.74) is 16.3. The molecule has 130 valence electrons. The lowest BCUT2D eigenvalue weighted by Gasteiger charge is -2.22. The number of hydrogen-bond donors (Lipinski definition) is 4. The Morgan fingerprint density at radius 1 is 1.12 bits per heavy atom. The van der Waals surface area contributed by atoms with Crippen LogP contribution in [0.15, 0.2) is 34.5 Å². The van der Waals surface area contributed by atoms with E-state index in [1.807, 2.05) is 0 Å². The Balaban J connectivity index is 2.31. The average molecular weight is 377 g/mol. The number of nitrogens with one attached hydrogen (secondary N) is 2. The van der Waals surface area contributed by atoms with E-state index in [-0.39, 0.29) is 15.9 Å². The van der Waals surface area contributed by atoms with Crippen LogP contribution in [0, 0.1) is 0 Å². The van der Waals surface area contributed by atoms with Crippen LogP contribution in [0.5, 0.6) is 0 Å². The molecule has 1 atom stereocenters. The molecule has 1 heterocycles. The molecule has 1 aliphatic rings. The van der Waals surface area contributed by atoms with Gasteiger partial charge in [0.2, 0.25) is 0 Å². The van der Waals surface area contributed by atoms with Crippen LogP contribution in [0.1, 0.15) is 27.6 Å². The number of hydrogen-bond acceptors (Lipinski definition) is 6. The first kappa shape index (κ1) is 18.4. The molecule has 6 N–H and O–H groups in total. The first-order valence-corrected chi connectivity index (χ1v) is 7.83. The van der Waals surface area contributed by atoms with E-state index < -0.39 is 17.9 Å². The highest BCUT2D eigenvalue weighted by molar-refractivity contribution is 7.80. The Labute approximate surface area is 154 Å². The summed E-state index contributed by atoms with van der Waals surface area (Å²) in [6, 6.07) is 5.82. The van der Waals surface area contributed by atoms with Crippen molar-refractivity contribution in [3.8, 4) is 0 Å². The molecule has 0 aliphatic carbocycles. The summed E-state index contributed by atoms with van der Waals surface area (Å²) in [5, 5.41) is 7.64. The minimum atomic E-state index is -0.744. The van der Waals surface area contributed by atoms with Gasteiger partial charge >= 0.3 is 0 Å². The molecular formula is C14H15N7O2S2. The number of fused-ring (bicyclic) bond motifs is 1. The minimum absolute atomic E-state index is 0.0497. The zero-order chi connectivity index (χ0) is 18.6. The lowest BCUT2D eigenvalue weighted by atomic mass is 10.1. The van der Waals surface area contributed by atoms with E-state index in [9.17, 15) is 9.59 Å². The third kappa shape index (κ3) is 4.14. The number of nitrogens with zero attached hydrogens (tertiary/aromatic N) is 3. The fourth-order valence-corrected chi connectivity index (χ4v) is 2.30. The molecule has 11 heteroatoms. The van der Waals surface area contributed by atoms with Crippen molar-refractivity contribution in [3.63, 3.8) is 0 Å². The van der Waals surface area contributed by atoms with Crippen molar-refractivity contribution < 1.29 is 9.59 Å². The predicted octanol–water partition coefficient (Wildman–Crippen LogP) is -0.321. The molecule has 1 aliphatic heterocycles. The second-order valence-electron chi connectivity index (χ2n) is 4.95. The molecule has 0 saturated heterocycles. The van der Waals surface area contributed by atoms with Gasteiger partial charge in [-0.2, -0.15) is 10.2 Å². The van der Waals surface area contributed by atoms with Crippen molar-refractivity contribution in [2.45, 2.75) is 13.0 Å². The summed E-state index contributed by atoms with van der Waals surface area (Å²) in [4.78, 5) is 26.2. The van der Waals surface area contributed by atoms with Crippen LogP contribution >= 0.6 is 24.4 Å². The molecule has 1 aromatic rings. The molecule has 0 radical (unpaired) electrons. The van der Waals surface area contributed by atoms with Crippen molar-refractivity contribution in [1.29, 1.82) is 0 Å². The number of hydrazone groups is 2. The Hall–Kier alpha value is -2.92. The van der Waals surface area contributed by atoms with Crippen molar-refractivity contribution in [2.75, 3.05) is 0 Å². The zero-order valence-corrected chi connectivity index (χ0v) is 14.7. The summed E-state index contributed by atoms with van der Waals surface area (Å²) in [6.45, 7) is 1.62. The average Bonchev–Trinajstić information content (AvgIpc) is 2.81. The molecular weight excluding hydrogens is 362 g/mol. The van der Waals surface area contributed by atoms with Crippen molar-refractivity contribution in [1.82, 2.24) is 15.8 Å². The van der Waals surface area contributed by atoms with Crippen LogP contribution in [0.4, 0.5) is 0 Å². The Bertz CT molecular complexity index is 771. The number of rotatable bonds is 5. The van der Waals surface area contributed by atoms with Gasteiger partial charge in [0, 0.05) is 0 Å². The van der Waals surface area contributed by atoms with Gasteiger partial charge in [0.05, 0.1) is 23.4 Å². The molecule has 2 rings (SSSR count). The number of thiocarbonyl (C=S) groups is 2. The molecule has 25 heavy (non-hydrogen) atoms. The van der Waals surface area contributed by atoms with E-state index in [1.54, 1.807) is 31.2 Å². The quantitative estimate of drug-likeness (QED) is 0.237. The molecule has 0 bridgehead atoms. The van der Waals surface area contributed by atoms with Crippen LogP contribution in [0.2, 0.25) is 0 Å². The maximum atomic E-state index is 12.6.